The van der Waals surface area contributed by atoms with Gasteiger partial charge in [-0.15, -0.1) is 0 Å². The molecule has 0 amide bonds. The highest BCUT2D eigenvalue weighted by Crippen LogP contribution is 1.97. The molecule has 0 aliphatic carbocycles. The first-order valence-corrected chi connectivity index (χ1v) is 5.29. The maximum Gasteiger partial charge on any atom is 0.330 e. The van der Waals surface area contributed by atoms with E-state index in [1.165, 1.54) is 0 Å². The molecule has 0 aromatic rings. The van der Waals surface area contributed by atoms with Crippen LogP contribution in [-0.2, 0) is 4.79 Å². The lowest BCUT2D eigenvalue weighted by atomic mass is 10.4. The summed E-state index contributed by atoms with van der Waals surface area (Å²) in [5.41, 5.74) is 0.228. The van der Waals surface area contributed by atoms with E-state index in [1.807, 2.05) is 0 Å². The molecule has 0 atom stereocenters. The monoisotopic (exact) mass is 150 g/mol. The summed E-state index contributed by atoms with van der Waals surface area (Å²) in [5.74, 6) is -0.932. The third-order valence-corrected chi connectivity index (χ3v) is 2.06. The average molecular weight is 151 g/mol. The second-order valence-corrected chi connectivity index (χ2v) is 3.36. The summed E-state index contributed by atoms with van der Waals surface area (Å²) in [5, 5.41) is 8.18. The molecule has 0 radical (unpaired) electrons. The predicted octanol–water partition coefficient (Wildman–Crippen LogP) is 0.368. The van der Waals surface area contributed by atoms with Crippen molar-refractivity contribution in [1.82, 2.24) is 0 Å². The molecule has 8 heavy (non-hydrogen) atoms. The highest BCUT2D eigenvalue weighted by Gasteiger charge is 2.00. The standard InChI is InChI=1S/C4H7ClO2Si/c1-3(2-8-5)4(6)7/h1-2,8H2,(H,6,7). The minimum atomic E-state index is -0.932. The van der Waals surface area contributed by atoms with E-state index in [1.54, 1.807) is 0 Å². The topological polar surface area (TPSA) is 37.3 Å². The Morgan fingerprint density at radius 1 is 1.88 bits per heavy atom. The smallest absolute Gasteiger partial charge is 0.330 e. The van der Waals surface area contributed by atoms with Gasteiger partial charge in [0.2, 0.25) is 0 Å². The lowest BCUT2D eigenvalue weighted by molar-refractivity contribution is -0.132. The summed E-state index contributed by atoms with van der Waals surface area (Å²) in [4.78, 5) is 9.95. The van der Waals surface area contributed by atoms with Gasteiger partial charge in [-0.2, -0.15) is 11.1 Å². The molecule has 0 rings (SSSR count). The molecule has 0 bridgehead atoms. The fourth-order valence-corrected chi connectivity index (χ4v) is 1.35. The second-order valence-electron chi connectivity index (χ2n) is 1.35. The Balaban J connectivity index is 3.49. The fraction of sp³-hybridized carbons (Fsp3) is 0.250. The average Bonchev–Trinajstić information content (AvgIpc) is 1.67. The van der Waals surface area contributed by atoms with Crippen LogP contribution in [0, 0.1) is 0 Å². The molecule has 0 saturated heterocycles. The van der Waals surface area contributed by atoms with Gasteiger partial charge in [0.15, 0.2) is 0 Å². The van der Waals surface area contributed by atoms with Crippen LogP contribution in [0.15, 0.2) is 12.2 Å². The van der Waals surface area contributed by atoms with Crippen LogP contribution < -0.4 is 0 Å². The van der Waals surface area contributed by atoms with Crippen LogP contribution in [-0.4, -0.2) is 19.9 Å². The first kappa shape index (κ1) is 7.72. The minimum absolute atomic E-state index is 0.228. The van der Waals surface area contributed by atoms with Gasteiger partial charge in [0.1, 0.15) is 8.83 Å². The summed E-state index contributed by atoms with van der Waals surface area (Å²) in [6.07, 6.45) is 0. The van der Waals surface area contributed by atoms with Crippen molar-refractivity contribution in [3.63, 3.8) is 0 Å². The van der Waals surface area contributed by atoms with Crippen LogP contribution in [0.5, 0.6) is 0 Å². The maximum atomic E-state index is 9.95. The Bertz CT molecular complexity index is 113. The van der Waals surface area contributed by atoms with Gasteiger partial charge in [-0.05, 0) is 6.04 Å². The number of rotatable bonds is 3. The number of carboxylic acids is 1. The fourth-order valence-electron chi connectivity index (χ4n) is 0.221. The summed E-state index contributed by atoms with van der Waals surface area (Å²) in [6, 6.07) is 0.497. The first-order valence-electron chi connectivity index (χ1n) is 2.15. The number of halogens is 1. The predicted molar refractivity (Wildman–Crippen MR) is 36.0 cm³/mol. The zero-order chi connectivity index (χ0) is 6.57. The lowest BCUT2D eigenvalue weighted by Gasteiger charge is -1.90. The normalized spacial score (nSPS) is 10.1. The van der Waals surface area contributed by atoms with E-state index in [0.717, 1.165) is 0 Å². The number of aliphatic carboxylic acids is 1. The van der Waals surface area contributed by atoms with Gasteiger partial charge in [0, 0.05) is 5.57 Å². The van der Waals surface area contributed by atoms with E-state index < -0.39 is 14.8 Å². The van der Waals surface area contributed by atoms with Gasteiger partial charge < -0.3 is 5.11 Å². The van der Waals surface area contributed by atoms with Crippen LogP contribution in [0.1, 0.15) is 0 Å². The van der Waals surface area contributed by atoms with E-state index in [2.05, 4.69) is 6.58 Å². The highest BCUT2D eigenvalue weighted by atomic mass is 35.6. The molecule has 0 spiro atoms. The molecule has 2 nitrogen and oxygen atoms in total. The van der Waals surface area contributed by atoms with Crippen molar-refractivity contribution in [3.8, 4) is 0 Å². The van der Waals surface area contributed by atoms with Crippen molar-refractivity contribution in [2.45, 2.75) is 6.04 Å². The molecule has 0 aliphatic rings. The van der Waals surface area contributed by atoms with Crippen LogP contribution >= 0.6 is 11.1 Å². The Kier molecular flexibility index (Phi) is 3.56. The molecule has 0 saturated carbocycles. The van der Waals surface area contributed by atoms with E-state index in [4.69, 9.17) is 16.2 Å². The van der Waals surface area contributed by atoms with E-state index >= 15 is 0 Å². The van der Waals surface area contributed by atoms with E-state index in [-0.39, 0.29) is 5.57 Å². The second kappa shape index (κ2) is 3.69. The molecule has 0 aromatic heterocycles. The summed E-state index contributed by atoms with van der Waals surface area (Å²) < 4.78 is 0. The minimum Gasteiger partial charge on any atom is -0.478 e. The summed E-state index contributed by atoms with van der Waals surface area (Å²) in [7, 11) is -0.684. The molecule has 0 unspecified atom stereocenters. The highest BCUT2D eigenvalue weighted by molar-refractivity contribution is 6.94. The van der Waals surface area contributed by atoms with Gasteiger partial charge in [0.05, 0.1) is 0 Å². The molecule has 0 aromatic carbocycles. The van der Waals surface area contributed by atoms with Crippen molar-refractivity contribution in [3.05, 3.63) is 12.2 Å². The molecule has 1 N–H and O–H groups in total. The molecule has 0 heterocycles. The molecule has 0 fully saturated rings. The molecular formula is C4H7ClO2Si. The molecular weight excluding hydrogens is 144 g/mol. The van der Waals surface area contributed by atoms with Crippen molar-refractivity contribution >= 4 is 25.9 Å². The van der Waals surface area contributed by atoms with Crippen LogP contribution in [0.4, 0.5) is 0 Å². The van der Waals surface area contributed by atoms with Gasteiger partial charge in [-0.3, -0.25) is 0 Å². The Hall–Kier alpha value is -0.283. The van der Waals surface area contributed by atoms with Crippen LogP contribution in [0.3, 0.4) is 0 Å². The number of carboxylic acid groups (broad SMARTS) is 1. The molecule has 4 heteroatoms. The van der Waals surface area contributed by atoms with Crippen molar-refractivity contribution in [1.29, 1.82) is 0 Å². The summed E-state index contributed by atoms with van der Waals surface area (Å²) in [6.45, 7) is 3.29. The maximum absolute atomic E-state index is 9.95. The van der Waals surface area contributed by atoms with Crippen LogP contribution in [0.2, 0.25) is 6.04 Å². The third-order valence-electron chi connectivity index (χ3n) is 0.699. The quantitative estimate of drug-likeness (QED) is 0.359. The van der Waals surface area contributed by atoms with E-state index in [0.29, 0.717) is 6.04 Å². The van der Waals surface area contributed by atoms with Gasteiger partial charge in [-0.25, -0.2) is 4.79 Å². The zero-order valence-electron chi connectivity index (χ0n) is 4.35. The Labute approximate surface area is 54.7 Å². The third kappa shape index (κ3) is 2.82. The largest absolute Gasteiger partial charge is 0.478 e. The number of hydrogen-bond donors (Lipinski definition) is 1. The Morgan fingerprint density at radius 2 is 2.38 bits per heavy atom. The van der Waals surface area contributed by atoms with Crippen molar-refractivity contribution in [2.24, 2.45) is 0 Å². The lowest BCUT2D eigenvalue weighted by Crippen LogP contribution is -1.98. The SMILES string of the molecule is C=C(C[SiH2]Cl)C(=O)O. The van der Waals surface area contributed by atoms with Crippen molar-refractivity contribution in [2.75, 3.05) is 0 Å². The van der Waals surface area contributed by atoms with Gasteiger partial charge in [0.25, 0.3) is 0 Å². The van der Waals surface area contributed by atoms with E-state index in [9.17, 15) is 4.79 Å². The molecule has 46 valence electrons. The Morgan fingerprint density at radius 3 is 2.50 bits per heavy atom. The molecule has 0 aliphatic heterocycles. The summed E-state index contributed by atoms with van der Waals surface area (Å²) >= 11 is 5.36. The van der Waals surface area contributed by atoms with Crippen LogP contribution in [0.25, 0.3) is 0 Å². The van der Waals surface area contributed by atoms with Gasteiger partial charge in [-0.1, -0.05) is 6.58 Å². The zero-order valence-corrected chi connectivity index (χ0v) is 6.52. The number of carbonyl (C=O) groups is 1. The van der Waals surface area contributed by atoms with Gasteiger partial charge >= 0.3 is 5.97 Å². The first-order chi connectivity index (χ1) is 3.68. The number of hydrogen-bond acceptors (Lipinski definition) is 1. The van der Waals surface area contributed by atoms with Crippen molar-refractivity contribution < 1.29 is 9.90 Å².